The molecule has 2 aliphatic heterocycles. The second-order valence-corrected chi connectivity index (χ2v) is 10.1. The maximum Gasteiger partial charge on any atom is 0.452 e. The number of nitrogens with one attached hydrogen (secondary N) is 1. The molecule has 2 fully saturated rings. The molecule has 1 N–H and O–H groups in total. The van der Waals surface area contributed by atoms with Gasteiger partial charge in [0, 0.05) is 25.1 Å². The Labute approximate surface area is 173 Å². The standard InChI is InChI=1S/C17H16F3N3O5S2/c1-2-14(24)21-15-5-9-7-23(8-11(9)27-15)30(25,26)16-4-3-12(29-16)10-6-13(28-22-10)17(18,19)20/h2-4,6,9,11,15H,1,5,7-8H2,(H,21,24). The number of nitrogens with zero attached hydrogens (tertiary/aromatic N) is 2. The smallest absolute Gasteiger partial charge is 0.354 e. The SMILES string of the molecule is C=CC(=O)NC1CC2CN(S(=O)(=O)c3ccc(-c4cc(C(F)(F)F)on4)s3)CC2O1. The summed E-state index contributed by atoms with van der Waals surface area (Å²) >= 11 is 0.815. The van der Waals surface area contributed by atoms with Gasteiger partial charge in [0.1, 0.15) is 16.1 Å². The van der Waals surface area contributed by atoms with Gasteiger partial charge in [-0.1, -0.05) is 11.7 Å². The van der Waals surface area contributed by atoms with Gasteiger partial charge < -0.3 is 14.6 Å². The summed E-state index contributed by atoms with van der Waals surface area (Å²) < 4.78 is 75.2. The lowest BCUT2D eigenvalue weighted by Crippen LogP contribution is -2.36. The predicted molar refractivity (Wildman–Crippen MR) is 98.7 cm³/mol. The molecule has 0 radical (unpaired) electrons. The van der Waals surface area contributed by atoms with Crippen LogP contribution in [0.1, 0.15) is 12.2 Å². The van der Waals surface area contributed by atoms with E-state index in [1.165, 1.54) is 16.4 Å². The Morgan fingerprint density at radius 3 is 2.77 bits per heavy atom. The van der Waals surface area contributed by atoms with Crippen LogP contribution in [0.4, 0.5) is 13.2 Å². The summed E-state index contributed by atoms with van der Waals surface area (Å²) in [7, 11) is -3.85. The highest BCUT2D eigenvalue weighted by Crippen LogP contribution is 2.39. The average molecular weight is 463 g/mol. The molecule has 0 saturated carbocycles. The van der Waals surface area contributed by atoms with Crippen molar-refractivity contribution in [3.63, 3.8) is 0 Å². The van der Waals surface area contributed by atoms with Gasteiger partial charge in [0.15, 0.2) is 0 Å². The van der Waals surface area contributed by atoms with Gasteiger partial charge in [0.05, 0.1) is 11.0 Å². The van der Waals surface area contributed by atoms with Crippen LogP contribution >= 0.6 is 11.3 Å². The second-order valence-electron chi connectivity index (χ2n) is 6.89. The topological polar surface area (TPSA) is 102 Å². The van der Waals surface area contributed by atoms with E-state index in [1.807, 2.05) is 0 Å². The van der Waals surface area contributed by atoms with Gasteiger partial charge >= 0.3 is 6.18 Å². The van der Waals surface area contributed by atoms with Gasteiger partial charge in [-0.15, -0.1) is 11.3 Å². The Hall–Kier alpha value is -2.22. The summed E-state index contributed by atoms with van der Waals surface area (Å²) in [6.07, 6.45) is -3.90. The summed E-state index contributed by atoms with van der Waals surface area (Å²) in [6, 6.07) is 3.46. The van der Waals surface area contributed by atoms with Crippen molar-refractivity contribution in [1.29, 1.82) is 0 Å². The van der Waals surface area contributed by atoms with E-state index in [4.69, 9.17) is 4.74 Å². The Balaban J connectivity index is 1.45. The highest BCUT2D eigenvalue weighted by Gasteiger charge is 2.46. The van der Waals surface area contributed by atoms with Crippen LogP contribution in [0.15, 0.2) is 39.6 Å². The average Bonchev–Trinajstić information content (AvgIpc) is 3.41. The van der Waals surface area contributed by atoms with Gasteiger partial charge in [0.25, 0.3) is 10.0 Å². The molecule has 0 bridgehead atoms. The predicted octanol–water partition coefficient (Wildman–Crippen LogP) is 2.46. The van der Waals surface area contributed by atoms with E-state index in [1.54, 1.807) is 0 Å². The van der Waals surface area contributed by atoms with Crippen molar-refractivity contribution in [2.75, 3.05) is 13.1 Å². The van der Waals surface area contributed by atoms with Gasteiger partial charge in [-0.05, 0) is 24.6 Å². The fourth-order valence-electron chi connectivity index (χ4n) is 3.48. The number of sulfonamides is 1. The first kappa shape index (κ1) is 21.0. The molecule has 2 aromatic rings. The number of hydrogen-bond acceptors (Lipinski definition) is 7. The first-order valence-electron chi connectivity index (χ1n) is 8.80. The number of fused-ring (bicyclic) bond motifs is 1. The van der Waals surface area contributed by atoms with E-state index < -0.39 is 28.2 Å². The van der Waals surface area contributed by atoms with Crippen LogP contribution in [-0.2, 0) is 25.7 Å². The summed E-state index contributed by atoms with van der Waals surface area (Å²) in [4.78, 5) is 11.6. The van der Waals surface area contributed by atoms with Crippen LogP contribution in [-0.4, -0.2) is 49.2 Å². The van der Waals surface area contributed by atoms with Crippen LogP contribution in [0.3, 0.4) is 0 Å². The van der Waals surface area contributed by atoms with E-state index in [0.717, 1.165) is 23.5 Å². The van der Waals surface area contributed by atoms with Crippen molar-refractivity contribution >= 4 is 27.3 Å². The summed E-state index contributed by atoms with van der Waals surface area (Å²) in [6.45, 7) is 3.72. The molecule has 30 heavy (non-hydrogen) atoms. The number of thiophene rings is 1. The number of ether oxygens (including phenoxy) is 1. The van der Waals surface area contributed by atoms with Crippen molar-refractivity contribution in [1.82, 2.24) is 14.8 Å². The molecule has 0 aromatic carbocycles. The Bertz CT molecular complexity index is 1060. The van der Waals surface area contributed by atoms with Gasteiger partial charge in [-0.3, -0.25) is 4.79 Å². The number of alkyl halides is 3. The molecule has 1 amide bonds. The fourth-order valence-corrected chi connectivity index (χ4v) is 6.40. The van der Waals surface area contributed by atoms with Gasteiger partial charge in [-0.25, -0.2) is 8.42 Å². The molecule has 2 aromatic heterocycles. The molecular formula is C17H16F3N3O5S2. The third kappa shape index (κ3) is 3.89. The number of aromatic nitrogens is 1. The lowest BCUT2D eigenvalue weighted by molar-refractivity contribution is -0.155. The Morgan fingerprint density at radius 2 is 2.13 bits per heavy atom. The molecule has 0 spiro atoms. The lowest BCUT2D eigenvalue weighted by Gasteiger charge is -2.18. The normalized spacial score (nSPS) is 24.7. The summed E-state index contributed by atoms with van der Waals surface area (Å²) in [5, 5.41) is 6.01. The summed E-state index contributed by atoms with van der Waals surface area (Å²) in [5.74, 6) is -1.69. The molecule has 4 heterocycles. The van der Waals surface area contributed by atoms with Crippen molar-refractivity contribution in [3.8, 4) is 10.6 Å². The largest absolute Gasteiger partial charge is 0.452 e. The van der Waals surface area contributed by atoms with E-state index in [0.29, 0.717) is 6.42 Å². The maximum absolute atomic E-state index is 13.0. The molecule has 3 unspecified atom stereocenters. The van der Waals surface area contributed by atoms with Gasteiger partial charge in [-0.2, -0.15) is 17.5 Å². The zero-order chi connectivity index (χ0) is 21.7. The third-order valence-corrected chi connectivity index (χ3v) is 8.32. The monoisotopic (exact) mass is 463 g/mol. The number of carbonyl (C=O) groups excluding carboxylic acids is 1. The molecule has 2 aliphatic rings. The van der Waals surface area contributed by atoms with Gasteiger partial charge in [0.2, 0.25) is 11.7 Å². The van der Waals surface area contributed by atoms with E-state index >= 15 is 0 Å². The van der Waals surface area contributed by atoms with Crippen LogP contribution in [0, 0.1) is 5.92 Å². The van der Waals surface area contributed by atoms with Crippen molar-refractivity contribution < 1.29 is 35.6 Å². The minimum Gasteiger partial charge on any atom is -0.354 e. The molecule has 162 valence electrons. The summed E-state index contributed by atoms with van der Waals surface area (Å²) in [5.41, 5.74) is -0.0869. The molecule has 2 saturated heterocycles. The highest BCUT2D eigenvalue weighted by atomic mass is 32.2. The Morgan fingerprint density at radius 1 is 1.37 bits per heavy atom. The van der Waals surface area contributed by atoms with Crippen LogP contribution < -0.4 is 5.32 Å². The minimum atomic E-state index is -4.67. The fraction of sp³-hybridized carbons (Fsp3) is 0.412. The van der Waals surface area contributed by atoms with E-state index in [2.05, 4.69) is 21.6 Å². The lowest BCUT2D eigenvalue weighted by atomic mass is 10.1. The van der Waals surface area contributed by atoms with Crippen LogP contribution in [0.5, 0.6) is 0 Å². The number of amides is 1. The number of halogens is 3. The second kappa shape index (κ2) is 7.48. The van der Waals surface area contributed by atoms with Crippen molar-refractivity contribution in [2.24, 2.45) is 5.92 Å². The Kier molecular flexibility index (Phi) is 5.24. The van der Waals surface area contributed by atoms with Crippen molar-refractivity contribution in [3.05, 3.63) is 36.6 Å². The van der Waals surface area contributed by atoms with E-state index in [-0.39, 0.29) is 45.8 Å². The number of carbonyl (C=O) groups is 1. The molecular weight excluding hydrogens is 447 g/mol. The zero-order valence-electron chi connectivity index (χ0n) is 15.3. The molecule has 0 aliphatic carbocycles. The van der Waals surface area contributed by atoms with Crippen LogP contribution in [0.2, 0.25) is 0 Å². The molecule has 4 rings (SSSR count). The molecule has 8 nitrogen and oxygen atoms in total. The molecule has 3 atom stereocenters. The van der Waals surface area contributed by atoms with Crippen LogP contribution in [0.25, 0.3) is 10.6 Å². The minimum absolute atomic E-state index is 0.00876. The maximum atomic E-state index is 13.0. The third-order valence-electron chi connectivity index (χ3n) is 4.91. The highest BCUT2D eigenvalue weighted by molar-refractivity contribution is 7.91. The first-order chi connectivity index (χ1) is 14.1. The number of rotatable bonds is 5. The van der Waals surface area contributed by atoms with E-state index in [9.17, 15) is 26.4 Å². The van der Waals surface area contributed by atoms with Crippen molar-refractivity contribution in [2.45, 2.75) is 29.1 Å². The quantitative estimate of drug-likeness (QED) is 0.684. The number of hydrogen-bond donors (Lipinski definition) is 1. The zero-order valence-corrected chi connectivity index (χ0v) is 16.9. The molecule has 13 heteroatoms. The first-order valence-corrected chi connectivity index (χ1v) is 11.1.